The Kier molecular flexibility index (Phi) is 3.34. The van der Waals surface area contributed by atoms with Gasteiger partial charge in [0.05, 0.1) is 0 Å². The third kappa shape index (κ3) is 2.49. The third-order valence-corrected chi connectivity index (χ3v) is 2.51. The molecule has 11 heavy (non-hydrogen) atoms. The lowest BCUT2D eigenvalue weighted by molar-refractivity contribution is -0.108. The molecule has 1 heteroatoms. The summed E-state index contributed by atoms with van der Waals surface area (Å²) in [4.78, 5) is 10.1. The van der Waals surface area contributed by atoms with E-state index in [1.54, 1.807) is 0 Å². The van der Waals surface area contributed by atoms with Crippen molar-refractivity contribution < 1.29 is 4.79 Å². The molecule has 0 bridgehead atoms. The Labute approximate surface area is 68.5 Å². The SMILES string of the molecule is C=C1CCCCC1CCC=O. The molecule has 1 unspecified atom stereocenters. The van der Waals surface area contributed by atoms with Crippen molar-refractivity contribution in [3.63, 3.8) is 0 Å². The second-order valence-electron chi connectivity index (χ2n) is 3.34. The van der Waals surface area contributed by atoms with E-state index in [1.165, 1.54) is 31.3 Å². The molecule has 1 aliphatic rings. The molecule has 0 radical (unpaired) electrons. The van der Waals surface area contributed by atoms with Crippen molar-refractivity contribution in [3.05, 3.63) is 12.2 Å². The zero-order chi connectivity index (χ0) is 8.10. The highest BCUT2D eigenvalue weighted by molar-refractivity contribution is 5.49. The van der Waals surface area contributed by atoms with Crippen LogP contribution in [0.3, 0.4) is 0 Å². The van der Waals surface area contributed by atoms with Gasteiger partial charge >= 0.3 is 0 Å². The molecule has 0 aromatic heterocycles. The molecule has 0 aromatic rings. The minimum atomic E-state index is 0.647. The molecule has 1 atom stereocenters. The van der Waals surface area contributed by atoms with Crippen LogP contribution in [0.15, 0.2) is 12.2 Å². The van der Waals surface area contributed by atoms with Gasteiger partial charge in [-0.3, -0.25) is 0 Å². The average molecular weight is 152 g/mol. The molecular weight excluding hydrogens is 136 g/mol. The van der Waals surface area contributed by atoms with E-state index in [0.717, 1.165) is 12.7 Å². The van der Waals surface area contributed by atoms with Crippen molar-refractivity contribution in [2.75, 3.05) is 0 Å². The molecule has 0 saturated heterocycles. The van der Waals surface area contributed by atoms with E-state index in [0.29, 0.717) is 12.3 Å². The number of allylic oxidation sites excluding steroid dienone is 1. The predicted molar refractivity (Wildman–Crippen MR) is 46.4 cm³/mol. The van der Waals surface area contributed by atoms with Gasteiger partial charge in [-0.25, -0.2) is 0 Å². The van der Waals surface area contributed by atoms with Crippen molar-refractivity contribution >= 4 is 6.29 Å². The Hall–Kier alpha value is -0.590. The molecule has 0 spiro atoms. The van der Waals surface area contributed by atoms with Crippen molar-refractivity contribution in [2.24, 2.45) is 5.92 Å². The first kappa shape index (κ1) is 8.51. The fourth-order valence-corrected chi connectivity index (χ4v) is 1.77. The van der Waals surface area contributed by atoms with E-state index in [-0.39, 0.29) is 0 Å². The highest BCUT2D eigenvalue weighted by Crippen LogP contribution is 2.30. The summed E-state index contributed by atoms with van der Waals surface area (Å²) in [6.07, 6.45) is 7.82. The van der Waals surface area contributed by atoms with Crippen LogP contribution < -0.4 is 0 Å². The number of hydrogen-bond donors (Lipinski definition) is 0. The van der Waals surface area contributed by atoms with Crippen molar-refractivity contribution in [1.82, 2.24) is 0 Å². The van der Waals surface area contributed by atoms with E-state index >= 15 is 0 Å². The lowest BCUT2D eigenvalue weighted by atomic mass is 9.82. The third-order valence-electron chi connectivity index (χ3n) is 2.51. The zero-order valence-corrected chi connectivity index (χ0v) is 7.01. The highest BCUT2D eigenvalue weighted by Gasteiger charge is 2.15. The first-order valence-electron chi connectivity index (χ1n) is 4.46. The van der Waals surface area contributed by atoms with Crippen LogP contribution in [0.4, 0.5) is 0 Å². The number of aldehydes is 1. The predicted octanol–water partition coefficient (Wildman–Crippen LogP) is 2.71. The van der Waals surface area contributed by atoms with Gasteiger partial charge in [-0.05, 0) is 31.6 Å². The van der Waals surface area contributed by atoms with Crippen LogP contribution in [0.1, 0.15) is 38.5 Å². The van der Waals surface area contributed by atoms with Crippen molar-refractivity contribution in [3.8, 4) is 0 Å². The van der Waals surface area contributed by atoms with Gasteiger partial charge in [0, 0.05) is 6.42 Å². The van der Waals surface area contributed by atoms with Crippen LogP contribution in [0.25, 0.3) is 0 Å². The number of carbonyl (C=O) groups is 1. The Morgan fingerprint density at radius 1 is 1.55 bits per heavy atom. The lowest BCUT2D eigenvalue weighted by Crippen LogP contribution is -2.09. The molecule has 1 saturated carbocycles. The Bertz CT molecular complexity index is 149. The van der Waals surface area contributed by atoms with Gasteiger partial charge in [-0.1, -0.05) is 18.6 Å². The molecule has 62 valence electrons. The second-order valence-corrected chi connectivity index (χ2v) is 3.34. The summed E-state index contributed by atoms with van der Waals surface area (Å²) in [5.41, 5.74) is 1.37. The maximum atomic E-state index is 10.1. The molecular formula is C10H16O. The smallest absolute Gasteiger partial charge is 0.120 e. The van der Waals surface area contributed by atoms with E-state index in [2.05, 4.69) is 6.58 Å². The average Bonchev–Trinajstić information content (AvgIpc) is 2.03. The van der Waals surface area contributed by atoms with Gasteiger partial charge < -0.3 is 4.79 Å². The summed E-state index contributed by atoms with van der Waals surface area (Å²) in [5, 5.41) is 0. The molecule has 0 N–H and O–H groups in total. The summed E-state index contributed by atoms with van der Waals surface area (Å²) in [5.74, 6) is 0.647. The van der Waals surface area contributed by atoms with Crippen LogP contribution in [-0.2, 0) is 4.79 Å². The molecule has 1 aliphatic carbocycles. The van der Waals surface area contributed by atoms with E-state index in [1.807, 2.05) is 0 Å². The van der Waals surface area contributed by atoms with Crippen molar-refractivity contribution in [1.29, 1.82) is 0 Å². The lowest BCUT2D eigenvalue weighted by Gasteiger charge is -2.23. The molecule has 0 heterocycles. The topological polar surface area (TPSA) is 17.1 Å². The van der Waals surface area contributed by atoms with Crippen LogP contribution >= 0.6 is 0 Å². The summed E-state index contributed by atoms with van der Waals surface area (Å²) in [6, 6.07) is 0. The van der Waals surface area contributed by atoms with Gasteiger partial charge in [0.1, 0.15) is 6.29 Å². The largest absolute Gasteiger partial charge is 0.303 e. The maximum Gasteiger partial charge on any atom is 0.120 e. The quantitative estimate of drug-likeness (QED) is 0.449. The number of rotatable bonds is 3. The van der Waals surface area contributed by atoms with E-state index in [4.69, 9.17) is 0 Å². The van der Waals surface area contributed by atoms with Crippen molar-refractivity contribution in [2.45, 2.75) is 38.5 Å². The van der Waals surface area contributed by atoms with Crippen LogP contribution in [-0.4, -0.2) is 6.29 Å². The molecule has 1 rings (SSSR count). The summed E-state index contributed by atoms with van der Waals surface area (Å²) in [7, 11) is 0. The first-order valence-corrected chi connectivity index (χ1v) is 4.46. The molecule has 0 aliphatic heterocycles. The fraction of sp³-hybridized carbons (Fsp3) is 0.700. The monoisotopic (exact) mass is 152 g/mol. The van der Waals surface area contributed by atoms with E-state index in [9.17, 15) is 4.79 Å². The summed E-state index contributed by atoms with van der Waals surface area (Å²) < 4.78 is 0. The normalized spacial score (nSPS) is 25.1. The Morgan fingerprint density at radius 3 is 3.00 bits per heavy atom. The molecule has 0 amide bonds. The van der Waals surface area contributed by atoms with Crippen LogP contribution in [0.5, 0.6) is 0 Å². The fourth-order valence-electron chi connectivity index (χ4n) is 1.77. The first-order chi connectivity index (χ1) is 5.34. The van der Waals surface area contributed by atoms with Crippen LogP contribution in [0, 0.1) is 5.92 Å². The molecule has 1 fully saturated rings. The van der Waals surface area contributed by atoms with Gasteiger partial charge in [-0.2, -0.15) is 0 Å². The number of carbonyl (C=O) groups excluding carboxylic acids is 1. The van der Waals surface area contributed by atoms with Gasteiger partial charge in [0.25, 0.3) is 0 Å². The standard InChI is InChI=1S/C10H16O/c1-9-5-2-3-6-10(9)7-4-8-11/h8,10H,1-7H2. The van der Waals surface area contributed by atoms with E-state index < -0.39 is 0 Å². The Balaban J connectivity index is 2.29. The van der Waals surface area contributed by atoms with Gasteiger partial charge in [0.2, 0.25) is 0 Å². The number of hydrogen-bond acceptors (Lipinski definition) is 1. The highest BCUT2D eigenvalue weighted by atomic mass is 16.1. The summed E-state index contributed by atoms with van der Waals surface area (Å²) >= 11 is 0. The Morgan fingerprint density at radius 2 is 2.36 bits per heavy atom. The zero-order valence-electron chi connectivity index (χ0n) is 7.01. The minimum absolute atomic E-state index is 0.647. The second kappa shape index (κ2) is 4.32. The maximum absolute atomic E-state index is 10.1. The van der Waals surface area contributed by atoms with Gasteiger partial charge in [-0.15, -0.1) is 0 Å². The minimum Gasteiger partial charge on any atom is -0.303 e. The van der Waals surface area contributed by atoms with Gasteiger partial charge in [0.15, 0.2) is 0 Å². The molecule has 1 nitrogen and oxygen atoms in total. The van der Waals surface area contributed by atoms with Crippen LogP contribution in [0.2, 0.25) is 0 Å². The summed E-state index contributed by atoms with van der Waals surface area (Å²) in [6.45, 7) is 4.03. The molecule has 0 aromatic carbocycles.